The van der Waals surface area contributed by atoms with Crippen LogP contribution in [0.1, 0.15) is 38.2 Å². The van der Waals surface area contributed by atoms with Crippen LogP contribution in [0.15, 0.2) is 24.3 Å². The fraction of sp³-hybridized carbons (Fsp3) is 0.529. The monoisotopic (exact) mass is 288 g/mol. The molecule has 4 nitrogen and oxygen atoms in total. The van der Waals surface area contributed by atoms with Crippen LogP contribution in [-0.4, -0.2) is 36.2 Å². The number of ketones is 1. The summed E-state index contributed by atoms with van der Waals surface area (Å²) in [6.45, 7) is 4.38. The number of benzene rings is 1. The van der Waals surface area contributed by atoms with E-state index >= 15 is 0 Å². The third-order valence-electron chi connectivity index (χ3n) is 3.85. The van der Waals surface area contributed by atoms with Gasteiger partial charge in [0.1, 0.15) is 5.78 Å². The van der Waals surface area contributed by atoms with Gasteiger partial charge in [0, 0.05) is 18.5 Å². The van der Waals surface area contributed by atoms with E-state index in [-0.39, 0.29) is 11.7 Å². The molecule has 1 amide bonds. The fourth-order valence-corrected chi connectivity index (χ4v) is 2.58. The fourth-order valence-electron chi connectivity index (χ4n) is 2.58. The van der Waals surface area contributed by atoms with Crippen LogP contribution in [0.2, 0.25) is 0 Å². The van der Waals surface area contributed by atoms with Gasteiger partial charge in [0.05, 0.1) is 6.54 Å². The molecule has 1 aromatic rings. The summed E-state index contributed by atoms with van der Waals surface area (Å²) in [5.74, 6) is 0.270. The van der Waals surface area contributed by atoms with Crippen molar-refractivity contribution in [1.29, 1.82) is 0 Å². The molecule has 21 heavy (non-hydrogen) atoms. The number of anilines is 1. The largest absolute Gasteiger partial charge is 0.325 e. The Balaban J connectivity index is 1.81. The predicted octanol–water partition coefficient (Wildman–Crippen LogP) is 2.63. The molecule has 0 aliphatic carbocycles. The highest BCUT2D eigenvalue weighted by molar-refractivity contribution is 5.92. The SMILES string of the molecule is CCC(=O)Cc1ccc(NC(=O)CN2CCCCC2)cc1. The highest BCUT2D eigenvalue weighted by Gasteiger charge is 2.13. The molecule has 0 aromatic heterocycles. The van der Waals surface area contributed by atoms with Crippen LogP contribution >= 0.6 is 0 Å². The minimum atomic E-state index is 0.0364. The molecule has 0 saturated carbocycles. The van der Waals surface area contributed by atoms with Gasteiger partial charge in [-0.1, -0.05) is 25.5 Å². The van der Waals surface area contributed by atoms with E-state index in [1.807, 2.05) is 31.2 Å². The van der Waals surface area contributed by atoms with Crippen molar-refractivity contribution in [1.82, 2.24) is 4.90 Å². The Kier molecular flexibility index (Phi) is 5.93. The van der Waals surface area contributed by atoms with Crippen molar-refractivity contribution >= 4 is 17.4 Å². The number of likely N-dealkylation sites (tertiary alicyclic amines) is 1. The van der Waals surface area contributed by atoms with E-state index in [9.17, 15) is 9.59 Å². The predicted molar refractivity (Wildman–Crippen MR) is 84.4 cm³/mol. The minimum Gasteiger partial charge on any atom is -0.325 e. The van der Waals surface area contributed by atoms with Crippen LogP contribution in [0.25, 0.3) is 0 Å². The first kappa shape index (κ1) is 15.7. The first-order valence-corrected chi connectivity index (χ1v) is 7.80. The Morgan fingerprint density at radius 2 is 1.76 bits per heavy atom. The molecule has 1 aromatic carbocycles. The number of carbonyl (C=O) groups is 2. The van der Waals surface area contributed by atoms with Crippen molar-refractivity contribution in [3.05, 3.63) is 29.8 Å². The molecular weight excluding hydrogens is 264 g/mol. The van der Waals surface area contributed by atoms with Gasteiger partial charge in [-0.05, 0) is 43.6 Å². The lowest BCUT2D eigenvalue weighted by molar-refractivity contribution is -0.118. The molecule has 114 valence electrons. The summed E-state index contributed by atoms with van der Waals surface area (Å²) in [4.78, 5) is 25.6. The van der Waals surface area contributed by atoms with Crippen LogP contribution in [-0.2, 0) is 16.0 Å². The lowest BCUT2D eigenvalue weighted by Crippen LogP contribution is -2.36. The molecule has 0 spiro atoms. The molecule has 1 fully saturated rings. The average Bonchev–Trinajstić information content (AvgIpc) is 2.50. The Hall–Kier alpha value is -1.68. The van der Waals surface area contributed by atoms with Crippen LogP contribution in [0, 0.1) is 0 Å². The second-order valence-electron chi connectivity index (χ2n) is 5.65. The van der Waals surface area contributed by atoms with Crippen molar-refractivity contribution in [3.63, 3.8) is 0 Å². The van der Waals surface area contributed by atoms with Gasteiger partial charge in [0.15, 0.2) is 0 Å². The molecule has 0 radical (unpaired) electrons. The molecule has 1 N–H and O–H groups in total. The van der Waals surface area contributed by atoms with E-state index in [0.29, 0.717) is 19.4 Å². The minimum absolute atomic E-state index is 0.0364. The van der Waals surface area contributed by atoms with Gasteiger partial charge in [-0.3, -0.25) is 14.5 Å². The van der Waals surface area contributed by atoms with E-state index in [4.69, 9.17) is 0 Å². The number of hydrogen-bond donors (Lipinski definition) is 1. The number of amides is 1. The Morgan fingerprint density at radius 3 is 2.38 bits per heavy atom. The van der Waals surface area contributed by atoms with E-state index < -0.39 is 0 Å². The molecule has 1 heterocycles. The molecule has 0 atom stereocenters. The van der Waals surface area contributed by atoms with Gasteiger partial charge in [-0.15, -0.1) is 0 Å². The number of hydrogen-bond acceptors (Lipinski definition) is 3. The van der Waals surface area contributed by atoms with Crippen molar-refractivity contribution in [2.24, 2.45) is 0 Å². The maximum absolute atomic E-state index is 12.0. The molecule has 1 saturated heterocycles. The van der Waals surface area contributed by atoms with E-state index in [2.05, 4.69) is 10.2 Å². The maximum atomic E-state index is 12.0. The molecule has 0 unspecified atom stereocenters. The second kappa shape index (κ2) is 7.93. The van der Waals surface area contributed by atoms with Gasteiger partial charge in [0.25, 0.3) is 0 Å². The van der Waals surface area contributed by atoms with Crippen molar-refractivity contribution in [2.45, 2.75) is 39.0 Å². The highest BCUT2D eigenvalue weighted by Crippen LogP contribution is 2.12. The third-order valence-corrected chi connectivity index (χ3v) is 3.85. The van der Waals surface area contributed by atoms with Crippen molar-refractivity contribution < 1.29 is 9.59 Å². The van der Waals surface area contributed by atoms with Crippen molar-refractivity contribution in [2.75, 3.05) is 25.0 Å². The summed E-state index contributed by atoms with van der Waals surface area (Å²) in [5, 5.41) is 2.92. The van der Waals surface area contributed by atoms with Gasteiger partial charge < -0.3 is 5.32 Å². The molecule has 0 bridgehead atoms. The number of carbonyl (C=O) groups excluding carboxylic acids is 2. The van der Waals surface area contributed by atoms with Crippen LogP contribution < -0.4 is 5.32 Å². The number of nitrogens with one attached hydrogen (secondary N) is 1. The van der Waals surface area contributed by atoms with Crippen LogP contribution in [0.5, 0.6) is 0 Å². The lowest BCUT2D eigenvalue weighted by Gasteiger charge is -2.25. The zero-order chi connectivity index (χ0) is 15.1. The molecule has 2 rings (SSSR count). The van der Waals surface area contributed by atoms with Gasteiger partial charge >= 0.3 is 0 Å². The van der Waals surface area contributed by atoms with Crippen molar-refractivity contribution in [3.8, 4) is 0 Å². The smallest absolute Gasteiger partial charge is 0.238 e. The number of rotatable bonds is 6. The zero-order valence-electron chi connectivity index (χ0n) is 12.7. The molecule has 1 aliphatic heterocycles. The van der Waals surface area contributed by atoms with E-state index in [1.165, 1.54) is 19.3 Å². The Morgan fingerprint density at radius 1 is 1.10 bits per heavy atom. The quantitative estimate of drug-likeness (QED) is 0.875. The van der Waals surface area contributed by atoms with Gasteiger partial charge in [-0.25, -0.2) is 0 Å². The third kappa shape index (κ3) is 5.31. The summed E-state index contributed by atoms with van der Waals surface area (Å²) in [5.41, 5.74) is 1.79. The zero-order valence-corrected chi connectivity index (χ0v) is 12.7. The standard InChI is InChI=1S/C17H24N2O2/c1-2-16(20)12-14-6-8-15(9-7-14)18-17(21)13-19-10-4-3-5-11-19/h6-9H,2-5,10-13H2,1H3,(H,18,21). The van der Waals surface area contributed by atoms with Crippen LogP contribution in [0.3, 0.4) is 0 Å². The summed E-state index contributed by atoms with van der Waals surface area (Å²) in [6.07, 6.45) is 4.68. The normalized spacial score (nSPS) is 15.7. The molecule has 4 heteroatoms. The van der Waals surface area contributed by atoms with Crippen LogP contribution in [0.4, 0.5) is 5.69 Å². The first-order valence-electron chi connectivity index (χ1n) is 7.80. The van der Waals surface area contributed by atoms with Gasteiger partial charge in [0.2, 0.25) is 5.91 Å². The Bertz CT molecular complexity index is 476. The Labute approximate surface area is 126 Å². The maximum Gasteiger partial charge on any atom is 0.238 e. The number of Topliss-reactive ketones (excluding diaryl/α,β-unsaturated/α-hetero) is 1. The lowest BCUT2D eigenvalue weighted by atomic mass is 10.1. The van der Waals surface area contributed by atoms with E-state index in [0.717, 1.165) is 24.3 Å². The first-order chi connectivity index (χ1) is 10.2. The molecule has 1 aliphatic rings. The summed E-state index contributed by atoms with van der Waals surface area (Å²) in [6, 6.07) is 7.55. The van der Waals surface area contributed by atoms with E-state index in [1.54, 1.807) is 0 Å². The number of piperidine rings is 1. The average molecular weight is 288 g/mol. The summed E-state index contributed by atoms with van der Waals surface area (Å²) in [7, 11) is 0. The topological polar surface area (TPSA) is 49.4 Å². The van der Waals surface area contributed by atoms with Gasteiger partial charge in [-0.2, -0.15) is 0 Å². The summed E-state index contributed by atoms with van der Waals surface area (Å²) < 4.78 is 0. The summed E-state index contributed by atoms with van der Waals surface area (Å²) >= 11 is 0. The number of nitrogens with zero attached hydrogens (tertiary/aromatic N) is 1. The second-order valence-corrected chi connectivity index (χ2v) is 5.65. The molecular formula is C17H24N2O2. The highest BCUT2D eigenvalue weighted by atomic mass is 16.2.